The van der Waals surface area contributed by atoms with E-state index < -0.39 is 11.9 Å². The van der Waals surface area contributed by atoms with Crippen molar-refractivity contribution in [1.29, 1.82) is 0 Å². The molecule has 2 aromatic rings. The van der Waals surface area contributed by atoms with Gasteiger partial charge in [-0.15, -0.1) is 0 Å². The molecule has 1 aliphatic carbocycles. The number of rotatable bonds is 7. The molecule has 2 N–H and O–H groups in total. The van der Waals surface area contributed by atoms with Gasteiger partial charge in [0.15, 0.2) is 0 Å². The number of aromatic nitrogens is 1. The third kappa shape index (κ3) is 6.46. The molecule has 29 heavy (non-hydrogen) atoms. The fraction of sp³-hybridized carbons (Fsp3) is 0.478. The molecule has 0 amide bonds. The first-order chi connectivity index (χ1) is 14.0. The molecular formula is C23H32N2O4. The van der Waals surface area contributed by atoms with Crippen molar-refractivity contribution in [3.8, 4) is 0 Å². The van der Waals surface area contributed by atoms with E-state index in [9.17, 15) is 14.7 Å². The average Bonchev–Trinajstić information content (AvgIpc) is 2.85. The second kappa shape index (κ2) is 11.4. The fourth-order valence-corrected chi connectivity index (χ4v) is 4.03. The van der Waals surface area contributed by atoms with E-state index in [0.29, 0.717) is 12.2 Å². The zero-order valence-corrected chi connectivity index (χ0v) is 17.4. The van der Waals surface area contributed by atoms with E-state index in [1.165, 1.54) is 69.2 Å². The van der Waals surface area contributed by atoms with Crippen LogP contribution in [0.15, 0.2) is 36.4 Å². The maximum Gasteiger partial charge on any atom is 0.328 e. The Hall–Kier alpha value is -2.60. The maximum absolute atomic E-state index is 9.53. The quantitative estimate of drug-likeness (QED) is 0.540. The van der Waals surface area contributed by atoms with Crippen LogP contribution in [0.3, 0.4) is 0 Å². The minimum absolute atomic E-state index is 0.447. The lowest BCUT2D eigenvalue weighted by Gasteiger charge is -2.17. The van der Waals surface area contributed by atoms with Gasteiger partial charge in [0, 0.05) is 22.7 Å². The van der Waals surface area contributed by atoms with E-state index in [2.05, 4.69) is 42.7 Å². The van der Waals surface area contributed by atoms with Crippen molar-refractivity contribution in [2.45, 2.75) is 52.5 Å². The Kier molecular flexibility index (Phi) is 8.93. The Morgan fingerprint density at radius 1 is 1.10 bits per heavy atom. The van der Waals surface area contributed by atoms with Crippen LogP contribution in [0.5, 0.6) is 0 Å². The summed E-state index contributed by atoms with van der Waals surface area (Å²) in [6.07, 6.45) is 7.62. The summed E-state index contributed by atoms with van der Waals surface area (Å²) >= 11 is 0. The summed E-state index contributed by atoms with van der Waals surface area (Å²) in [4.78, 5) is 20.7. The van der Waals surface area contributed by atoms with Crippen LogP contribution in [-0.4, -0.2) is 41.2 Å². The maximum atomic E-state index is 9.53. The lowest BCUT2D eigenvalue weighted by molar-refractivity contribution is -0.897. The molecule has 0 bridgehead atoms. The lowest BCUT2D eigenvalue weighted by Crippen LogP contribution is -3.11. The van der Waals surface area contributed by atoms with Crippen molar-refractivity contribution in [3.05, 3.63) is 47.7 Å². The van der Waals surface area contributed by atoms with Crippen LogP contribution in [0.4, 0.5) is 0 Å². The van der Waals surface area contributed by atoms with Crippen LogP contribution >= 0.6 is 0 Å². The number of carbonyl (C=O) groups is 2. The number of carboxylic acids is 2. The third-order valence-electron chi connectivity index (χ3n) is 5.59. The Labute approximate surface area is 172 Å². The summed E-state index contributed by atoms with van der Waals surface area (Å²) in [5.41, 5.74) is 4.76. The minimum Gasteiger partial charge on any atom is -0.545 e. The molecule has 6 nitrogen and oxygen atoms in total. The van der Waals surface area contributed by atoms with Crippen molar-refractivity contribution in [3.63, 3.8) is 0 Å². The molecule has 1 heterocycles. The predicted octanol–water partition coefficient (Wildman–Crippen LogP) is 1.21. The molecule has 158 valence electrons. The monoisotopic (exact) mass is 400 g/mol. The summed E-state index contributed by atoms with van der Waals surface area (Å²) in [5, 5.41) is 18.7. The van der Waals surface area contributed by atoms with E-state index in [-0.39, 0.29) is 0 Å². The van der Waals surface area contributed by atoms with Crippen LogP contribution in [0.2, 0.25) is 0 Å². The number of aryl methyl sites for hydroxylation is 1. The highest BCUT2D eigenvalue weighted by Gasteiger charge is 2.19. The largest absolute Gasteiger partial charge is 0.545 e. The Morgan fingerprint density at radius 3 is 2.41 bits per heavy atom. The first-order valence-electron chi connectivity index (χ1n) is 10.5. The number of nitrogens with zero attached hydrogens (tertiary/aromatic N) is 1. The molecule has 0 spiro atoms. The number of aliphatic carboxylic acids is 2. The van der Waals surface area contributed by atoms with Crippen LogP contribution in [0, 0.1) is 0 Å². The molecule has 0 radical (unpaired) electrons. The highest BCUT2D eigenvalue weighted by molar-refractivity contribution is 5.88. The third-order valence-corrected chi connectivity index (χ3v) is 5.59. The molecule has 0 fully saturated rings. The summed E-state index contributed by atoms with van der Waals surface area (Å²) in [6.45, 7) is 9.49. The van der Waals surface area contributed by atoms with Gasteiger partial charge >= 0.3 is 5.97 Å². The van der Waals surface area contributed by atoms with Gasteiger partial charge in [-0.25, -0.2) is 4.79 Å². The molecule has 0 saturated carbocycles. The number of para-hydroxylation sites is 1. The fourth-order valence-electron chi connectivity index (χ4n) is 4.03. The summed E-state index contributed by atoms with van der Waals surface area (Å²) < 4.78 is 2.64. The average molecular weight is 401 g/mol. The number of benzene rings is 1. The second-order valence-electron chi connectivity index (χ2n) is 7.35. The van der Waals surface area contributed by atoms with Gasteiger partial charge < -0.3 is 24.5 Å². The first kappa shape index (κ1) is 22.7. The van der Waals surface area contributed by atoms with Gasteiger partial charge in [-0.05, 0) is 57.2 Å². The summed E-state index contributed by atoms with van der Waals surface area (Å²) in [6, 6.07) is 9.05. The number of nitrogens with one attached hydrogen (secondary N) is 1. The van der Waals surface area contributed by atoms with Crippen LogP contribution in [0.25, 0.3) is 10.9 Å². The summed E-state index contributed by atoms with van der Waals surface area (Å²) in [7, 11) is 0. The highest BCUT2D eigenvalue weighted by atomic mass is 16.4. The molecule has 1 aromatic carbocycles. The number of quaternary nitrogens is 1. The van der Waals surface area contributed by atoms with Crippen molar-refractivity contribution < 1.29 is 24.7 Å². The molecule has 1 aromatic heterocycles. The lowest BCUT2D eigenvalue weighted by atomic mass is 10.1. The van der Waals surface area contributed by atoms with E-state index in [4.69, 9.17) is 5.11 Å². The Bertz CT molecular complexity index is 834. The van der Waals surface area contributed by atoms with Gasteiger partial charge in [0.25, 0.3) is 0 Å². The zero-order valence-electron chi connectivity index (χ0n) is 17.4. The summed E-state index contributed by atoms with van der Waals surface area (Å²) in [5.74, 6) is -2.80. The van der Waals surface area contributed by atoms with E-state index in [1.807, 2.05) is 0 Å². The van der Waals surface area contributed by atoms with Crippen LogP contribution in [0.1, 0.15) is 44.4 Å². The second-order valence-corrected chi connectivity index (χ2v) is 7.35. The number of fused-ring (bicyclic) bond motifs is 3. The van der Waals surface area contributed by atoms with Crippen LogP contribution < -0.4 is 10.0 Å². The Morgan fingerprint density at radius 2 is 1.79 bits per heavy atom. The van der Waals surface area contributed by atoms with Crippen molar-refractivity contribution >= 4 is 22.8 Å². The molecule has 1 aliphatic rings. The SMILES string of the molecule is CC[NH+](CC)CCn1c2c(c3ccccc31)CCCCC2.O=C([O-])/C=C/C(=O)O. The number of likely N-dealkylation sites (N-methyl/N-ethyl adjacent to an activating group) is 1. The molecule has 0 aliphatic heterocycles. The minimum atomic E-state index is -1.51. The van der Waals surface area contributed by atoms with E-state index in [1.54, 1.807) is 16.2 Å². The van der Waals surface area contributed by atoms with Crippen molar-refractivity contribution in [2.24, 2.45) is 0 Å². The number of hydrogen-bond donors (Lipinski definition) is 2. The van der Waals surface area contributed by atoms with Gasteiger partial charge in [-0.3, -0.25) is 0 Å². The van der Waals surface area contributed by atoms with Crippen molar-refractivity contribution in [2.75, 3.05) is 19.6 Å². The number of hydrogen-bond acceptors (Lipinski definition) is 3. The highest BCUT2D eigenvalue weighted by Crippen LogP contribution is 2.31. The predicted molar refractivity (Wildman–Crippen MR) is 112 cm³/mol. The molecule has 3 rings (SSSR count). The van der Waals surface area contributed by atoms with Gasteiger partial charge in [0.05, 0.1) is 32.1 Å². The molecule has 0 atom stereocenters. The number of carbonyl (C=O) groups excluding carboxylic acids is 1. The topological polar surface area (TPSA) is 86.8 Å². The zero-order chi connectivity index (χ0) is 21.2. The molecule has 0 unspecified atom stereocenters. The van der Waals surface area contributed by atoms with E-state index >= 15 is 0 Å². The first-order valence-corrected chi connectivity index (χ1v) is 10.5. The van der Waals surface area contributed by atoms with Gasteiger partial charge in [0.2, 0.25) is 0 Å². The van der Waals surface area contributed by atoms with Gasteiger partial charge in [-0.1, -0.05) is 24.6 Å². The van der Waals surface area contributed by atoms with Crippen molar-refractivity contribution in [1.82, 2.24) is 4.57 Å². The Balaban J connectivity index is 0.000000321. The molecule has 0 saturated heterocycles. The normalized spacial score (nSPS) is 13.8. The van der Waals surface area contributed by atoms with Gasteiger partial charge in [-0.2, -0.15) is 0 Å². The standard InChI is InChI=1S/C19H28N2.C4H4O4/c1-3-20(4-2)14-15-21-18-12-7-5-6-10-16(18)17-11-8-9-13-19(17)21;5-3(6)1-2-4(7)8/h8-9,11,13H,3-7,10,12,14-15H2,1-2H3;1-2H,(H,5,6)(H,7,8)/b;2-1+. The molecular weight excluding hydrogens is 368 g/mol. The van der Waals surface area contributed by atoms with Crippen LogP contribution in [-0.2, 0) is 29.0 Å². The number of carboxylic acid groups (broad SMARTS) is 2. The smallest absolute Gasteiger partial charge is 0.328 e. The van der Waals surface area contributed by atoms with Gasteiger partial charge in [0.1, 0.15) is 0 Å². The molecule has 6 heteroatoms. The van der Waals surface area contributed by atoms with E-state index in [0.717, 1.165) is 0 Å².